The predicted molar refractivity (Wildman–Crippen MR) is 64.3 cm³/mol. The lowest BCUT2D eigenvalue weighted by Gasteiger charge is -2.08. The second-order valence-electron chi connectivity index (χ2n) is 3.67. The molecule has 1 aromatic rings. The van der Waals surface area contributed by atoms with E-state index in [4.69, 9.17) is 11.6 Å². The van der Waals surface area contributed by atoms with Crippen molar-refractivity contribution >= 4 is 23.2 Å². The number of aromatic nitrogens is 1. The molecule has 1 heterocycles. The number of nitro groups is 1. The molecule has 1 N–H and O–H groups in total. The van der Waals surface area contributed by atoms with E-state index in [1.165, 1.54) is 16.8 Å². The molecule has 0 radical (unpaired) electrons. The van der Waals surface area contributed by atoms with Crippen molar-refractivity contribution in [3.05, 3.63) is 28.1 Å². The summed E-state index contributed by atoms with van der Waals surface area (Å²) in [6.07, 6.45) is 2.04. The first kappa shape index (κ1) is 13.5. The van der Waals surface area contributed by atoms with E-state index < -0.39 is 4.92 Å². The molecule has 1 unspecified atom stereocenters. The second kappa shape index (κ2) is 5.67. The summed E-state index contributed by atoms with van der Waals surface area (Å²) >= 11 is 5.86. The molecule has 1 amide bonds. The van der Waals surface area contributed by atoms with Crippen molar-refractivity contribution in [3.63, 3.8) is 0 Å². The molecule has 94 valence electrons. The van der Waals surface area contributed by atoms with Crippen molar-refractivity contribution in [1.29, 1.82) is 0 Å². The van der Waals surface area contributed by atoms with Crippen LogP contribution in [-0.4, -0.2) is 27.3 Å². The quantitative estimate of drug-likeness (QED) is 0.496. The molecule has 0 saturated carbocycles. The number of hydrogen-bond acceptors (Lipinski definition) is 3. The first-order valence-electron chi connectivity index (χ1n) is 5.18. The molecule has 0 aliphatic rings. The van der Waals surface area contributed by atoms with Crippen molar-refractivity contribution in [2.24, 2.45) is 7.05 Å². The Labute approximate surface area is 104 Å². The zero-order valence-electron chi connectivity index (χ0n) is 9.64. The fourth-order valence-electron chi connectivity index (χ4n) is 1.31. The van der Waals surface area contributed by atoms with Gasteiger partial charge in [-0.2, -0.15) is 0 Å². The number of carbonyl (C=O) groups excluding carboxylic acids is 1. The molecule has 6 nitrogen and oxygen atoms in total. The van der Waals surface area contributed by atoms with Crippen LogP contribution in [0.15, 0.2) is 12.3 Å². The molecular weight excluding hydrogens is 246 g/mol. The third kappa shape index (κ3) is 3.45. The standard InChI is InChI=1S/C10H14ClN3O3/c1-3-7(11)5-12-10(15)9-4-8(14(16)17)6-13(9)2/h4,6-7H,3,5H2,1-2H3,(H,12,15). The molecule has 0 bridgehead atoms. The zero-order chi connectivity index (χ0) is 13.0. The van der Waals surface area contributed by atoms with E-state index in [0.29, 0.717) is 6.54 Å². The fourth-order valence-corrected chi connectivity index (χ4v) is 1.39. The number of amides is 1. The largest absolute Gasteiger partial charge is 0.349 e. The highest BCUT2D eigenvalue weighted by atomic mass is 35.5. The van der Waals surface area contributed by atoms with Crippen LogP contribution >= 0.6 is 11.6 Å². The lowest BCUT2D eigenvalue weighted by Crippen LogP contribution is -2.30. The van der Waals surface area contributed by atoms with Gasteiger partial charge in [0.15, 0.2) is 0 Å². The number of alkyl halides is 1. The Hall–Kier alpha value is -1.56. The van der Waals surface area contributed by atoms with E-state index in [9.17, 15) is 14.9 Å². The average Bonchev–Trinajstić information content (AvgIpc) is 2.68. The Balaban J connectivity index is 2.72. The third-order valence-electron chi connectivity index (χ3n) is 2.36. The van der Waals surface area contributed by atoms with Gasteiger partial charge in [0.25, 0.3) is 11.6 Å². The third-order valence-corrected chi connectivity index (χ3v) is 2.82. The van der Waals surface area contributed by atoms with E-state index in [1.807, 2.05) is 6.92 Å². The van der Waals surface area contributed by atoms with Gasteiger partial charge in [-0.1, -0.05) is 6.92 Å². The minimum Gasteiger partial charge on any atom is -0.349 e. The van der Waals surface area contributed by atoms with Crippen LogP contribution in [0, 0.1) is 10.1 Å². The van der Waals surface area contributed by atoms with Gasteiger partial charge in [-0.05, 0) is 6.42 Å². The van der Waals surface area contributed by atoms with Crippen LogP contribution in [0.1, 0.15) is 23.8 Å². The van der Waals surface area contributed by atoms with Crippen molar-refractivity contribution < 1.29 is 9.72 Å². The van der Waals surface area contributed by atoms with Crippen LogP contribution in [-0.2, 0) is 7.05 Å². The van der Waals surface area contributed by atoms with E-state index >= 15 is 0 Å². The maximum atomic E-state index is 11.7. The summed E-state index contributed by atoms with van der Waals surface area (Å²) in [5.41, 5.74) is 0.146. The number of halogens is 1. The summed E-state index contributed by atoms with van der Waals surface area (Å²) in [4.78, 5) is 21.7. The molecule has 1 aromatic heterocycles. The second-order valence-corrected chi connectivity index (χ2v) is 4.28. The van der Waals surface area contributed by atoms with Gasteiger partial charge < -0.3 is 9.88 Å². The molecule has 17 heavy (non-hydrogen) atoms. The van der Waals surface area contributed by atoms with Crippen LogP contribution < -0.4 is 5.32 Å². The highest BCUT2D eigenvalue weighted by molar-refractivity contribution is 6.20. The molecule has 0 aliphatic heterocycles. The fraction of sp³-hybridized carbons (Fsp3) is 0.500. The van der Waals surface area contributed by atoms with Gasteiger partial charge in [-0.15, -0.1) is 11.6 Å². The number of carbonyl (C=O) groups is 1. The Morgan fingerprint density at radius 2 is 2.35 bits per heavy atom. The molecule has 0 aromatic carbocycles. The summed E-state index contributed by atoms with van der Waals surface area (Å²) in [5.74, 6) is -0.361. The molecular formula is C10H14ClN3O3. The SMILES string of the molecule is CCC(Cl)CNC(=O)c1cc([N+](=O)[O-])cn1C. The maximum Gasteiger partial charge on any atom is 0.287 e. The van der Waals surface area contributed by atoms with Gasteiger partial charge in [0.2, 0.25) is 0 Å². The minimum absolute atomic E-state index is 0.101. The van der Waals surface area contributed by atoms with Gasteiger partial charge in [0, 0.05) is 19.7 Å². The average molecular weight is 260 g/mol. The van der Waals surface area contributed by atoms with Gasteiger partial charge in [0.05, 0.1) is 16.5 Å². The Morgan fingerprint density at radius 1 is 1.71 bits per heavy atom. The lowest BCUT2D eigenvalue weighted by atomic mass is 10.3. The van der Waals surface area contributed by atoms with Crippen LogP contribution in [0.25, 0.3) is 0 Å². The normalized spacial score (nSPS) is 12.2. The van der Waals surface area contributed by atoms with Gasteiger partial charge in [-0.3, -0.25) is 14.9 Å². The first-order chi connectivity index (χ1) is 7.95. The number of nitrogens with zero attached hydrogens (tertiary/aromatic N) is 2. The summed E-state index contributed by atoms with van der Waals surface area (Å²) < 4.78 is 1.42. The van der Waals surface area contributed by atoms with Crippen molar-refractivity contribution in [2.75, 3.05) is 6.54 Å². The topological polar surface area (TPSA) is 77.2 Å². The molecule has 0 fully saturated rings. The van der Waals surface area contributed by atoms with Crippen molar-refractivity contribution in [1.82, 2.24) is 9.88 Å². The molecule has 0 spiro atoms. The van der Waals surface area contributed by atoms with Crippen LogP contribution in [0.2, 0.25) is 0 Å². The van der Waals surface area contributed by atoms with E-state index in [-0.39, 0.29) is 22.7 Å². The minimum atomic E-state index is -0.535. The number of hydrogen-bond donors (Lipinski definition) is 1. The Kier molecular flexibility index (Phi) is 4.51. The maximum absolute atomic E-state index is 11.7. The smallest absolute Gasteiger partial charge is 0.287 e. The van der Waals surface area contributed by atoms with E-state index in [1.54, 1.807) is 7.05 Å². The molecule has 1 rings (SSSR count). The van der Waals surface area contributed by atoms with Gasteiger partial charge >= 0.3 is 0 Å². The van der Waals surface area contributed by atoms with Crippen molar-refractivity contribution in [3.8, 4) is 0 Å². The first-order valence-corrected chi connectivity index (χ1v) is 5.62. The number of aryl methyl sites for hydroxylation is 1. The van der Waals surface area contributed by atoms with Crippen LogP contribution in [0.5, 0.6) is 0 Å². The molecule has 0 saturated heterocycles. The lowest BCUT2D eigenvalue weighted by molar-refractivity contribution is -0.384. The van der Waals surface area contributed by atoms with E-state index in [2.05, 4.69) is 5.32 Å². The molecule has 0 aliphatic carbocycles. The highest BCUT2D eigenvalue weighted by Crippen LogP contribution is 2.15. The molecule has 1 atom stereocenters. The zero-order valence-corrected chi connectivity index (χ0v) is 10.4. The molecule has 7 heteroatoms. The van der Waals surface area contributed by atoms with Crippen molar-refractivity contribution in [2.45, 2.75) is 18.7 Å². The summed E-state index contributed by atoms with van der Waals surface area (Å²) in [6.45, 7) is 2.26. The Morgan fingerprint density at radius 3 is 2.82 bits per heavy atom. The van der Waals surface area contributed by atoms with Gasteiger partial charge in [0.1, 0.15) is 5.69 Å². The summed E-state index contributed by atoms with van der Waals surface area (Å²) in [6, 6.07) is 1.24. The monoisotopic (exact) mass is 259 g/mol. The number of nitrogens with one attached hydrogen (secondary N) is 1. The van der Waals surface area contributed by atoms with Crippen LogP contribution in [0.4, 0.5) is 5.69 Å². The van der Waals surface area contributed by atoms with E-state index in [0.717, 1.165) is 6.42 Å². The highest BCUT2D eigenvalue weighted by Gasteiger charge is 2.17. The predicted octanol–water partition coefficient (Wildman–Crippen LogP) is 1.68. The summed E-state index contributed by atoms with van der Waals surface area (Å²) in [5, 5.41) is 13.0. The Bertz CT molecular complexity index is 430. The van der Waals surface area contributed by atoms with Gasteiger partial charge in [-0.25, -0.2) is 0 Å². The number of rotatable bonds is 5. The summed E-state index contributed by atoms with van der Waals surface area (Å²) in [7, 11) is 1.58. The van der Waals surface area contributed by atoms with Crippen LogP contribution in [0.3, 0.4) is 0 Å².